The molecule has 3 aromatic rings. The van der Waals surface area contributed by atoms with Gasteiger partial charge in [-0.2, -0.15) is 0 Å². The van der Waals surface area contributed by atoms with Crippen molar-refractivity contribution < 1.29 is 14.0 Å². The van der Waals surface area contributed by atoms with Gasteiger partial charge in [-0.05, 0) is 16.8 Å². The number of benzene rings is 2. The van der Waals surface area contributed by atoms with Gasteiger partial charge < -0.3 is 24.6 Å². The van der Waals surface area contributed by atoms with Crippen molar-refractivity contribution in [3.8, 4) is 17.0 Å². The highest BCUT2D eigenvalue weighted by Crippen LogP contribution is 2.36. The second-order valence-electron chi connectivity index (χ2n) is 6.32. The number of nitrogens with two attached hydrogens (primary N) is 1. The van der Waals surface area contributed by atoms with Crippen molar-refractivity contribution in [3.63, 3.8) is 0 Å². The number of ether oxygens (including phenoxy) is 2. The van der Waals surface area contributed by atoms with Gasteiger partial charge in [-0.3, -0.25) is 0 Å². The molecular formula is C20H23IN4O3. The van der Waals surface area contributed by atoms with E-state index in [9.17, 15) is 0 Å². The number of methoxy groups -OCH3 is 1. The monoisotopic (exact) mass is 494 g/mol. The molecule has 1 fully saturated rings. The Morgan fingerprint density at radius 2 is 2.00 bits per heavy atom. The van der Waals surface area contributed by atoms with E-state index < -0.39 is 0 Å². The lowest BCUT2D eigenvalue weighted by atomic mass is 10.0. The van der Waals surface area contributed by atoms with E-state index in [4.69, 9.17) is 19.7 Å². The first kappa shape index (κ1) is 20.4. The van der Waals surface area contributed by atoms with Crippen LogP contribution in [0.15, 0.2) is 52.0 Å². The molecule has 2 aromatic carbocycles. The summed E-state index contributed by atoms with van der Waals surface area (Å²) in [4.78, 5) is 6.44. The van der Waals surface area contributed by atoms with Crippen LogP contribution in [0.3, 0.4) is 0 Å². The van der Waals surface area contributed by atoms with Crippen molar-refractivity contribution in [1.29, 1.82) is 0 Å². The molecule has 0 amide bonds. The van der Waals surface area contributed by atoms with Crippen molar-refractivity contribution in [2.75, 3.05) is 33.4 Å². The average Bonchev–Trinajstić information content (AvgIpc) is 3.20. The topological polar surface area (TPSA) is 86.1 Å². The zero-order valence-corrected chi connectivity index (χ0v) is 18.0. The first-order chi connectivity index (χ1) is 13.3. The molecule has 4 rings (SSSR count). The maximum Gasteiger partial charge on any atom is 0.191 e. The van der Waals surface area contributed by atoms with Crippen LogP contribution in [0.1, 0.15) is 5.76 Å². The third-order valence-corrected chi connectivity index (χ3v) is 4.66. The zero-order chi connectivity index (χ0) is 18.6. The lowest BCUT2D eigenvalue weighted by Crippen LogP contribution is -2.44. The summed E-state index contributed by atoms with van der Waals surface area (Å²) in [6.07, 6.45) is 0. The Balaban J connectivity index is 0.00000225. The number of hydrogen-bond donors (Lipinski definition) is 1. The molecule has 1 aromatic heterocycles. The first-order valence-electron chi connectivity index (χ1n) is 8.90. The molecular weight excluding hydrogens is 471 g/mol. The number of guanidine groups is 1. The third kappa shape index (κ3) is 4.22. The van der Waals surface area contributed by atoms with Gasteiger partial charge in [0.1, 0.15) is 18.0 Å². The first-order valence-corrected chi connectivity index (χ1v) is 8.90. The van der Waals surface area contributed by atoms with Crippen LogP contribution >= 0.6 is 24.0 Å². The summed E-state index contributed by atoms with van der Waals surface area (Å²) in [5.74, 6) is 1.90. The number of hydrogen-bond acceptors (Lipinski definition) is 5. The van der Waals surface area contributed by atoms with Crippen molar-refractivity contribution in [2.45, 2.75) is 6.54 Å². The minimum atomic E-state index is 0. The molecule has 1 aliphatic rings. The van der Waals surface area contributed by atoms with Crippen LogP contribution in [-0.2, 0) is 11.3 Å². The molecule has 8 heteroatoms. The van der Waals surface area contributed by atoms with Crippen LogP contribution in [-0.4, -0.2) is 49.4 Å². The quantitative estimate of drug-likeness (QED) is 0.341. The molecule has 0 spiro atoms. The van der Waals surface area contributed by atoms with Crippen LogP contribution in [0, 0.1) is 0 Å². The van der Waals surface area contributed by atoms with Crippen molar-refractivity contribution in [3.05, 3.63) is 48.2 Å². The van der Waals surface area contributed by atoms with E-state index in [2.05, 4.69) is 22.3 Å². The van der Waals surface area contributed by atoms with Gasteiger partial charge in [0.05, 0.1) is 25.9 Å². The zero-order valence-electron chi connectivity index (χ0n) is 15.6. The summed E-state index contributed by atoms with van der Waals surface area (Å²) in [5, 5.41) is 6.42. The van der Waals surface area contributed by atoms with E-state index in [1.54, 1.807) is 7.11 Å². The smallest absolute Gasteiger partial charge is 0.191 e. The summed E-state index contributed by atoms with van der Waals surface area (Å²) in [6, 6.07) is 14.0. The lowest BCUT2D eigenvalue weighted by Gasteiger charge is -2.27. The van der Waals surface area contributed by atoms with Crippen LogP contribution in [0.25, 0.3) is 22.0 Å². The van der Waals surface area contributed by atoms with Crippen LogP contribution in [0.4, 0.5) is 0 Å². The fourth-order valence-electron chi connectivity index (χ4n) is 3.24. The average molecular weight is 494 g/mol. The minimum Gasteiger partial charge on any atom is -0.496 e. The summed E-state index contributed by atoms with van der Waals surface area (Å²) in [5.41, 5.74) is 7.71. The van der Waals surface area contributed by atoms with E-state index in [-0.39, 0.29) is 24.0 Å². The van der Waals surface area contributed by atoms with Crippen LogP contribution in [0.5, 0.6) is 5.75 Å². The van der Waals surface area contributed by atoms with Gasteiger partial charge in [-0.15, -0.1) is 24.0 Å². The summed E-state index contributed by atoms with van der Waals surface area (Å²) < 4.78 is 16.4. The number of fused-ring (bicyclic) bond motifs is 1. The molecule has 1 saturated heterocycles. The van der Waals surface area contributed by atoms with Gasteiger partial charge in [0.2, 0.25) is 0 Å². The Bertz CT molecular complexity index is 967. The number of rotatable bonds is 4. The van der Waals surface area contributed by atoms with E-state index in [1.807, 2.05) is 35.2 Å². The van der Waals surface area contributed by atoms with Gasteiger partial charge >= 0.3 is 0 Å². The molecule has 28 heavy (non-hydrogen) atoms. The normalized spacial score (nSPS) is 14.8. The highest BCUT2D eigenvalue weighted by atomic mass is 127. The Hall–Kier alpha value is -2.33. The molecule has 0 atom stereocenters. The van der Waals surface area contributed by atoms with Gasteiger partial charge in [0.15, 0.2) is 11.7 Å². The molecule has 0 radical (unpaired) electrons. The van der Waals surface area contributed by atoms with E-state index in [0.717, 1.165) is 40.9 Å². The number of aromatic nitrogens is 1. The summed E-state index contributed by atoms with van der Waals surface area (Å²) in [7, 11) is 1.65. The van der Waals surface area contributed by atoms with E-state index >= 15 is 0 Å². The maximum atomic E-state index is 6.07. The summed E-state index contributed by atoms with van der Waals surface area (Å²) >= 11 is 0. The predicted molar refractivity (Wildman–Crippen MR) is 119 cm³/mol. The Kier molecular flexibility index (Phi) is 6.74. The van der Waals surface area contributed by atoms with Gasteiger partial charge in [0.25, 0.3) is 0 Å². The largest absolute Gasteiger partial charge is 0.496 e. The minimum absolute atomic E-state index is 0. The maximum absolute atomic E-state index is 6.07. The fraction of sp³-hybridized carbons (Fsp3) is 0.300. The highest BCUT2D eigenvalue weighted by Gasteiger charge is 2.16. The molecule has 148 valence electrons. The van der Waals surface area contributed by atoms with E-state index in [0.29, 0.717) is 31.5 Å². The number of morpholine rings is 1. The lowest BCUT2D eigenvalue weighted by molar-refractivity contribution is 0.0674. The molecule has 0 bridgehead atoms. The van der Waals surface area contributed by atoms with E-state index in [1.165, 1.54) is 0 Å². The van der Waals surface area contributed by atoms with Crippen LogP contribution in [0.2, 0.25) is 0 Å². The number of nitrogens with zero attached hydrogens (tertiary/aromatic N) is 3. The Morgan fingerprint density at radius 1 is 1.21 bits per heavy atom. The van der Waals surface area contributed by atoms with Gasteiger partial charge in [-0.25, -0.2) is 4.99 Å². The number of aliphatic imine (C=N–C) groups is 1. The third-order valence-electron chi connectivity index (χ3n) is 4.66. The second kappa shape index (κ2) is 9.24. The van der Waals surface area contributed by atoms with Crippen molar-refractivity contribution in [2.24, 2.45) is 10.7 Å². The standard InChI is InChI=1S/C20H22N4O3.HI/c1-25-18-7-6-14-4-2-3-5-16(14)19(18)17-12-15(27-23-17)13-22-20(21)24-8-10-26-11-9-24;/h2-7,12H,8-11,13H2,1H3,(H2,21,22);1H. The molecule has 0 unspecified atom stereocenters. The molecule has 2 heterocycles. The van der Waals surface area contributed by atoms with Gasteiger partial charge in [-0.1, -0.05) is 35.5 Å². The highest BCUT2D eigenvalue weighted by molar-refractivity contribution is 14.0. The SMILES string of the molecule is COc1ccc2ccccc2c1-c1cc(CN=C(N)N2CCOCC2)on1.I. The van der Waals surface area contributed by atoms with Crippen molar-refractivity contribution in [1.82, 2.24) is 10.1 Å². The predicted octanol–water partition coefficient (Wildman–Crippen LogP) is 3.27. The molecule has 2 N–H and O–H groups in total. The Labute approximate surface area is 180 Å². The van der Waals surface area contributed by atoms with Gasteiger partial charge in [0, 0.05) is 19.2 Å². The van der Waals surface area contributed by atoms with Crippen molar-refractivity contribution >= 4 is 40.7 Å². The van der Waals surface area contributed by atoms with Crippen LogP contribution < -0.4 is 10.5 Å². The molecule has 0 aliphatic carbocycles. The molecule has 0 saturated carbocycles. The summed E-state index contributed by atoms with van der Waals surface area (Å²) in [6.45, 7) is 3.19. The second-order valence-corrected chi connectivity index (χ2v) is 6.32. The molecule has 1 aliphatic heterocycles. The fourth-order valence-corrected chi connectivity index (χ4v) is 3.24. The number of halogens is 1. The Morgan fingerprint density at radius 3 is 2.79 bits per heavy atom. The molecule has 7 nitrogen and oxygen atoms in total.